The van der Waals surface area contributed by atoms with Gasteiger partial charge >= 0.3 is 0 Å². The van der Waals surface area contributed by atoms with Crippen LogP contribution in [0.5, 0.6) is 0 Å². The fourth-order valence-electron chi connectivity index (χ4n) is 4.14. The normalized spacial score (nSPS) is 23.5. The molecule has 0 aliphatic carbocycles. The van der Waals surface area contributed by atoms with E-state index in [4.69, 9.17) is 5.26 Å². The monoisotopic (exact) mass is 410 g/mol. The summed E-state index contributed by atoms with van der Waals surface area (Å²) in [6.07, 6.45) is 3.97. The highest BCUT2D eigenvalue weighted by molar-refractivity contribution is 5.82. The predicted octanol–water partition coefficient (Wildman–Crippen LogP) is 3.05. The number of amides is 1. The van der Waals surface area contributed by atoms with Crippen molar-refractivity contribution in [1.29, 1.82) is 5.26 Å². The highest BCUT2D eigenvalue weighted by Crippen LogP contribution is 2.34. The third kappa shape index (κ3) is 3.85. The van der Waals surface area contributed by atoms with Crippen molar-refractivity contribution in [1.82, 2.24) is 15.0 Å². The van der Waals surface area contributed by atoms with Crippen molar-refractivity contribution >= 4 is 17.9 Å². The minimum Gasteiger partial charge on any atom is -0.356 e. The topological polar surface area (TPSA) is 85.5 Å². The number of carbonyl (C=O) groups is 1. The van der Waals surface area contributed by atoms with Crippen molar-refractivity contribution in [3.05, 3.63) is 53.5 Å². The van der Waals surface area contributed by atoms with E-state index in [0.29, 0.717) is 43.0 Å². The highest BCUT2D eigenvalue weighted by atomic mass is 19.1. The zero-order valence-electron chi connectivity index (χ0n) is 16.4. The first kappa shape index (κ1) is 19.9. The van der Waals surface area contributed by atoms with Crippen molar-refractivity contribution in [2.24, 2.45) is 16.9 Å². The van der Waals surface area contributed by atoms with Crippen molar-refractivity contribution in [3.63, 3.8) is 0 Å². The van der Waals surface area contributed by atoms with Gasteiger partial charge in [-0.2, -0.15) is 10.4 Å². The molecule has 1 fully saturated rings. The van der Waals surface area contributed by atoms with Gasteiger partial charge in [-0.3, -0.25) is 4.79 Å². The molecule has 0 radical (unpaired) electrons. The molecule has 0 spiro atoms. The molecule has 9 heteroatoms. The van der Waals surface area contributed by atoms with Gasteiger partial charge in [-0.15, -0.1) is 0 Å². The Kier molecular flexibility index (Phi) is 5.40. The quantitative estimate of drug-likeness (QED) is 0.776. The van der Waals surface area contributed by atoms with E-state index in [1.807, 2.05) is 17.9 Å². The Balaban J connectivity index is 1.48. The van der Waals surface area contributed by atoms with E-state index >= 15 is 0 Å². The van der Waals surface area contributed by atoms with Gasteiger partial charge in [0.25, 0.3) is 0 Å². The zero-order valence-corrected chi connectivity index (χ0v) is 16.4. The van der Waals surface area contributed by atoms with E-state index in [9.17, 15) is 13.6 Å². The van der Waals surface area contributed by atoms with Gasteiger partial charge in [-0.1, -0.05) is 6.92 Å². The minimum atomic E-state index is -0.674. The molecule has 2 aliphatic heterocycles. The van der Waals surface area contributed by atoms with Crippen LogP contribution in [0.4, 0.5) is 14.6 Å². The van der Waals surface area contributed by atoms with Gasteiger partial charge in [-0.05, 0) is 30.0 Å². The van der Waals surface area contributed by atoms with E-state index in [2.05, 4.69) is 15.1 Å². The molecule has 2 aliphatic rings. The molecule has 0 N–H and O–H groups in total. The minimum absolute atomic E-state index is 0.00689. The molecule has 1 aromatic heterocycles. The van der Waals surface area contributed by atoms with Crippen LogP contribution in [-0.2, 0) is 4.79 Å². The third-order valence-electron chi connectivity index (χ3n) is 5.64. The summed E-state index contributed by atoms with van der Waals surface area (Å²) in [4.78, 5) is 23.4. The number of hydrazone groups is 1. The molecule has 30 heavy (non-hydrogen) atoms. The van der Waals surface area contributed by atoms with Crippen molar-refractivity contribution < 1.29 is 13.6 Å². The summed E-state index contributed by atoms with van der Waals surface area (Å²) in [6.45, 7) is 3.17. The maximum Gasteiger partial charge on any atom is 0.246 e. The number of nitrogens with zero attached hydrogens (tertiary/aromatic N) is 6. The van der Waals surface area contributed by atoms with E-state index in [1.165, 1.54) is 23.5 Å². The smallest absolute Gasteiger partial charge is 0.246 e. The fraction of sp³-hybridized carbons (Fsp3) is 0.381. The molecular formula is C21H20F2N6O. The fourth-order valence-corrected chi connectivity index (χ4v) is 4.14. The first-order valence-electron chi connectivity index (χ1n) is 9.75. The lowest BCUT2D eigenvalue weighted by Gasteiger charge is -2.38. The third-order valence-corrected chi connectivity index (χ3v) is 5.64. The van der Waals surface area contributed by atoms with Crippen LogP contribution in [0.3, 0.4) is 0 Å². The van der Waals surface area contributed by atoms with Gasteiger partial charge in [0.15, 0.2) is 0 Å². The molecule has 1 aromatic carbocycles. The molecule has 0 unspecified atom stereocenters. The highest BCUT2D eigenvalue weighted by Gasteiger charge is 2.38. The summed E-state index contributed by atoms with van der Waals surface area (Å²) in [5.41, 5.74) is 0.691. The second-order valence-electron chi connectivity index (χ2n) is 7.63. The molecule has 2 aromatic rings. The van der Waals surface area contributed by atoms with Crippen LogP contribution in [-0.4, -0.2) is 40.2 Å². The number of hydrogen-bond donors (Lipinski definition) is 0. The van der Waals surface area contributed by atoms with Crippen LogP contribution in [0.25, 0.3) is 0 Å². The number of rotatable bonds is 3. The second-order valence-corrected chi connectivity index (χ2v) is 7.63. The Bertz CT molecular complexity index is 1020. The molecule has 7 nitrogen and oxygen atoms in total. The Hall–Kier alpha value is -3.41. The number of hydrogen-bond acceptors (Lipinski definition) is 6. The van der Waals surface area contributed by atoms with Gasteiger partial charge in [0.1, 0.15) is 35.5 Å². The lowest BCUT2D eigenvalue weighted by molar-refractivity contribution is -0.139. The average Bonchev–Trinajstić information content (AvgIpc) is 3.22. The number of aromatic nitrogens is 2. The molecule has 0 bridgehead atoms. The largest absolute Gasteiger partial charge is 0.356 e. The number of halogens is 2. The molecule has 0 saturated carbocycles. The molecule has 1 saturated heterocycles. The second kappa shape index (κ2) is 8.14. The Labute approximate surface area is 172 Å². The molecule has 4 rings (SSSR count). The van der Waals surface area contributed by atoms with E-state index in [-0.39, 0.29) is 17.7 Å². The first-order chi connectivity index (χ1) is 14.5. The SMILES string of the molecule is C[C@@H]1CN(c2cc(C#N)ncn2)CC[C@H]1C(=O)N1N=CC[C@@H]1c1cc(F)cc(F)c1. The Morgan fingerprint density at radius 3 is 2.67 bits per heavy atom. The van der Waals surface area contributed by atoms with Crippen molar-refractivity contribution in [2.45, 2.75) is 25.8 Å². The maximum atomic E-state index is 13.7. The molecule has 154 valence electrons. The van der Waals surface area contributed by atoms with Gasteiger partial charge in [0, 0.05) is 43.8 Å². The number of carbonyl (C=O) groups excluding carboxylic acids is 1. The van der Waals surface area contributed by atoms with E-state index in [0.717, 1.165) is 6.07 Å². The number of piperidine rings is 1. The van der Waals surface area contributed by atoms with Gasteiger partial charge in [0.05, 0.1) is 6.04 Å². The summed E-state index contributed by atoms with van der Waals surface area (Å²) in [6, 6.07) is 6.44. The maximum absolute atomic E-state index is 13.7. The summed E-state index contributed by atoms with van der Waals surface area (Å²) in [7, 11) is 0. The van der Waals surface area contributed by atoms with Crippen LogP contribution < -0.4 is 4.90 Å². The average molecular weight is 410 g/mol. The van der Waals surface area contributed by atoms with Crippen molar-refractivity contribution in [3.8, 4) is 6.07 Å². The van der Waals surface area contributed by atoms with Gasteiger partial charge in [0.2, 0.25) is 5.91 Å². The van der Waals surface area contributed by atoms with E-state index < -0.39 is 17.7 Å². The Morgan fingerprint density at radius 1 is 1.20 bits per heavy atom. The molecule has 1 amide bonds. The molecular weight excluding hydrogens is 390 g/mol. The van der Waals surface area contributed by atoms with Crippen molar-refractivity contribution in [2.75, 3.05) is 18.0 Å². The van der Waals surface area contributed by atoms with Gasteiger partial charge < -0.3 is 4.90 Å². The molecule has 3 atom stereocenters. The van der Waals surface area contributed by atoms with Crippen LogP contribution in [0.1, 0.15) is 37.1 Å². The number of benzene rings is 1. The van der Waals surface area contributed by atoms with E-state index in [1.54, 1.807) is 12.3 Å². The van der Waals surface area contributed by atoms with Gasteiger partial charge in [-0.25, -0.2) is 23.8 Å². The zero-order chi connectivity index (χ0) is 21.3. The standard InChI is InChI=1S/C21H20F2N6O/c1-13-11-28(20-9-17(10-24)25-12-26-20)5-3-18(13)21(30)29-19(2-4-27-29)14-6-15(22)8-16(23)7-14/h4,6-9,12-13,18-19H,2-3,5,11H2,1H3/t13-,18-,19-/m1/s1. The van der Waals surface area contributed by atoms with Crippen LogP contribution >= 0.6 is 0 Å². The lowest BCUT2D eigenvalue weighted by atomic mass is 9.85. The molecule has 3 heterocycles. The van der Waals surface area contributed by atoms with Crippen LogP contribution in [0.2, 0.25) is 0 Å². The number of anilines is 1. The van der Waals surface area contributed by atoms with Crippen LogP contribution in [0, 0.1) is 34.8 Å². The Morgan fingerprint density at radius 2 is 1.97 bits per heavy atom. The summed E-state index contributed by atoms with van der Waals surface area (Å²) >= 11 is 0. The number of nitriles is 1. The summed E-state index contributed by atoms with van der Waals surface area (Å²) < 4.78 is 27.3. The predicted molar refractivity (Wildman–Crippen MR) is 105 cm³/mol. The summed E-state index contributed by atoms with van der Waals surface area (Å²) in [5, 5.41) is 14.6. The van der Waals surface area contributed by atoms with Crippen LogP contribution in [0.15, 0.2) is 35.7 Å². The summed E-state index contributed by atoms with van der Waals surface area (Å²) in [5.74, 6) is -1.10. The lowest BCUT2D eigenvalue weighted by Crippen LogP contribution is -2.46. The first-order valence-corrected chi connectivity index (χ1v) is 9.75.